The van der Waals surface area contributed by atoms with Crippen LogP contribution in [-0.4, -0.2) is 101 Å². The van der Waals surface area contributed by atoms with Gasteiger partial charge in [-0.2, -0.15) is 4.31 Å². The minimum atomic E-state index is -3.50. The SMILES string of the molecule is CCN(C(=O)CN(CCCN(C)C)S(C)(=O)=O)C1CCS(=O)(=O)C1. The molecule has 0 saturated carbocycles. The average Bonchev–Trinajstić information content (AvgIpc) is 2.77. The van der Waals surface area contributed by atoms with Gasteiger partial charge in [-0.15, -0.1) is 0 Å². The molecule has 8 nitrogen and oxygen atoms in total. The van der Waals surface area contributed by atoms with Crippen molar-refractivity contribution >= 4 is 25.8 Å². The van der Waals surface area contributed by atoms with Gasteiger partial charge in [-0.1, -0.05) is 0 Å². The molecule has 142 valence electrons. The third kappa shape index (κ3) is 6.66. The van der Waals surface area contributed by atoms with E-state index in [2.05, 4.69) is 0 Å². The number of carbonyl (C=O) groups is 1. The summed E-state index contributed by atoms with van der Waals surface area (Å²) in [6.45, 7) is 2.90. The molecule has 0 aromatic rings. The largest absolute Gasteiger partial charge is 0.338 e. The highest BCUT2D eigenvalue weighted by molar-refractivity contribution is 7.91. The average molecular weight is 384 g/mol. The molecule has 0 N–H and O–H groups in total. The van der Waals surface area contributed by atoms with Crippen LogP contribution in [0.5, 0.6) is 0 Å². The number of likely N-dealkylation sites (N-methyl/N-ethyl adjacent to an activating group) is 1. The van der Waals surface area contributed by atoms with Crippen LogP contribution in [-0.2, 0) is 24.7 Å². The van der Waals surface area contributed by atoms with Gasteiger partial charge in [0.25, 0.3) is 0 Å². The lowest BCUT2D eigenvalue weighted by Crippen LogP contribution is -2.47. The second-order valence-electron chi connectivity index (χ2n) is 6.49. The van der Waals surface area contributed by atoms with Crippen molar-refractivity contribution < 1.29 is 21.6 Å². The number of amides is 1. The monoisotopic (exact) mass is 383 g/mol. The lowest BCUT2D eigenvalue weighted by Gasteiger charge is -2.29. The fraction of sp³-hybridized carbons (Fsp3) is 0.929. The molecule has 1 rings (SSSR count). The number of carbonyl (C=O) groups excluding carboxylic acids is 1. The summed E-state index contributed by atoms with van der Waals surface area (Å²) in [5.41, 5.74) is 0. The molecule has 0 spiro atoms. The number of hydrogen-bond donors (Lipinski definition) is 0. The van der Waals surface area contributed by atoms with Gasteiger partial charge in [0.1, 0.15) is 0 Å². The second-order valence-corrected chi connectivity index (χ2v) is 10.7. The molecule has 1 saturated heterocycles. The smallest absolute Gasteiger partial charge is 0.238 e. The van der Waals surface area contributed by atoms with Gasteiger partial charge in [0, 0.05) is 19.1 Å². The van der Waals surface area contributed by atoms with Crippen LogP contribution in [0.2, 0.25) is 0 Å². The van der Waals surface area contributed by atoms with Crippen LogP contribution in [0.3, 0.4) is 0 Å². The minimum absolute atomic E-state index is 0.0356. The van der Waals surface area contributed by atoms with Crippen LogP contribution in [0.4, 0.5) is 0 Å². The molecule has 1 fully saturated rings. The van der Waals surface area contributed by atoms with Gasteiger partial charge in [-0.05, 0) is 40.4 Å². The predicted molar refractivity (Wildman–Crippen MR) is 94.0 cm³/mol. The molecule has 1 unspecified atom stereocenters. The highest BCUT2D eigenvalue weighted by Gasteiger charge is 2.34. The molecule has 1 atom stereocenters. The maximum atomic E-state index is 12.5. The van der Waals surface area contributed by atoms with E-state index in [4.69, 9.17) is 0 Å². The van der Waals surface area contributed by atoms with E-state index in [-0.39, 0.29) is 36.5 Å². The Morgan fingerprint density at radius 1 is 1.21 bits per heavy atom. The first-order valence-electron chi connectivity index (χ1n) is 8.06. The molecule has 1 heterocycles. The number of sulfone groups is 1. The Balaban J connectivity index is 2.75. The fourth-order valence-corrected chi connectivity index (χ4v) is 5.36. The van der Waals surface area contributed by atoms with E-state index in [1.807, 2.05) is 19.0 Å². The summed E-state index contributed by atoms with van der Waals surface area (Å²) in [4.78, 5) is 16.0. The third-order valence-corrected chi connectivity index (χ3v) is 7.10. The van der Waals surface area contributed by atoms with Gasteiger partial charge in [-0.25, -0.2) is 16.8 Å². The van der Waals surface area contributed by atoms with Crippen molar-refractivity contribution in [3.8, 4) is 0 Å². The Hall–Kier alpha value is -0.710. The van der Waals surface area contributed by atoms with Crippen LogP contribution in [0.1, 0.15) is 19.8 Å². The van der Waals surface area contributed by atoms with E-state index < -0.39 is 19.9 Å². The third-order valence-electron chi connectivity index (χ3n) is 4.10. The summed E-state index contributed by atoms with van der Waals surface area (Å²) in [5, 5.41) is 0. The van der Waals surface area contributed by atoms with Crippen molar-refractivity contribution in [3.63, 3.8) is 0 Å². The minimum Gasteiger partial charge on any atom is -0.338 e. The van der Waals surface area contributed by atoms with Gasteiger partial charge < -0.3 is 9.80 Å². The van der Waals surface area contributed by atoms with Crippen molar-refractivity contribution in [2.75, 3.05) is 58.0 Å². The molecule has 0 aromatic heterocycles. The Bertz CT molecular complexity index is 631. The number of nitrogens with zero attached hydrogens (tertiary/aromatic N) is 3. The summed E-state index contributed by atoms with van der Waals surface area (Å²) in [7, 11) is -2.80. The maximum absolute atomic E-state index is 12.5. The van der Waals surface area contributed by atoms with Gasteiger partial charge in [0.15, 0.2) is 9.84 Å². The van der Waals surface area contributed by atoms with E-state index in [1.54, 1.807) is 6.92 Å². The van der Waals surface area contributed by atoms with Crippen LogP contribution in [0, 0.1) is 0 Å². The lowest BCUT2D eigenvalue weighted by atomic mass is 10.2. The topological polar surface area (TPSA) is 95.1 Å². The zero-order valence-corrected chi connectivity index (χ0v) is 16.6. The first-order chi connectivity index (χ1) is 11.0. The van der Waals surface area contributed by atoms with Crippen LogP contribution in [0.15, 0.2) is 0 Å². The van der Waals surface area contributed by atoms with Crippen molar-refractivity contribution in [2.24, 2.45) is 0 Å². The molecule has 0 radical (unpaired) electrons. The first-order valence-corrected chi connectivity index (χ1v) is 11.7. The molecular formula is C14H29N3O5S2. The zero-order chi connectivity index (χ0) is 18.5. The van der Waals surface area contributed by atoms with Crippen molar-refractivity contribution in [1.29, 1.82) is 0 Å². The van der Waals surface area contributed by atoms with Gasteiger partial charge >= 0.3 is 0 Å². The lowest BCUT2D eigenvalue weighted by molar-refractivity contribution is -0.133. The first kappa shape index (κ1) is 21.3. The van der Waals surface area contributed by atoms with Gasteiger partial charge in [0.2, 0.25) is 15.9 Å². The van der Waals surface area contributed by atoms with Crippen molar-refractivity contribution in [3.05, 3.63) is 0 Å². The summed E-state index contributed by atoms with van der Waals surface area (Å²) < 4.78 is 48.3. The molecule has 24 heavy (non-hydrogen) atoms. The van der Waals surface area contributed by atoms with Gasteiger partial charge in [0.05, 0.1) is 24.3 Å². The van der Waals surface area contributed by atoms with Crippen molar-refractivity contribution in [1.82, 2.24) is 14.1 Å². The van der Waals surface area contributed by atoms with E-state index in [0.29, 0.717) is 19.4 Å². The normalized spacial score (nSPS) is 20.7. The summed E-state index contributed by atoms with van der Waals surface area (Å²) in [6.07, 6.45) is 2.13. The van der Waals surface area contributed by atoms with E-state index in [9.17, 15) is 21.6 Å². The van der Waals surface area contributed by atoms with E-state index in [0.717, 1.165) is 12.8 Å². The Kier molecular flexibility index (Phi) is 7.64. The van der Waals surface area contributed by atoms with Crippen molar-refractivity contribution in [2.45, 2.75) is 25.8 Å². The molecule has 1 aliphatic rings. The molecular weight excluding hydrogens is 354 g/mol. The highest BCUT2D eigenvalue weighted by atomic mass is 32.2. The molecule has 0 bridgehead atoms. The molecule has 1 aliphatic heterocycles. The Labute approximate surface area is 145 Å². The predicted octanol–water partition coefficient (Wildman–Crippen LogP) is -0.765. The number of hydrogen-bond acceptors (Lipinski definition) is 6. The highest BCUT2D eigenvalue weighted by Crippen LogP contribution is 2.18. The quantitative estimate of drug-likeness (QED) is 0.519. The fourth-order valence-electron chi connectivity index (χ4n) is 2.83. The Morgan fingerprint density at radius 2 is 1.83 bits per heavy atom. The second kappa shape index (κ2) is 8.59. The van der Waals surface area contributed by atoms with Crippen LogP contribution < -0.4 is 0 Å². The summed E-state index contributed by atoms with van der Waals surface area (Å²) in [6, 6.07) is -0.351. The summed E-state index contributed by atoms with van der Waals surface area (Å²) in [5.74, 6) is -0.290. The van der Waals surface area contributed by atoms with Crippen LogP contribution >= 0.6 is 0 Å². The standard InChI is InChI=1S/C14H29N3O5S2/c1-5-17(13-7-10-24(21,22)12-13)14(18)11-16(23(4,19)20)9-6-8-15(2)3/h13H,5-12H2,1-4H3. The van der Waals surface area contributed by atoms with Gasteiger partial charge in [-0.3, -0.25) is 4.79 Å². The number of sulfonamides is 1. The maximum Gasteiger partial charge on any atom is 0.238 e. The van der Waals surface area contributed by atoms with E-state index >= 15 is 0 Å². The Morgan fingerprint density at radius 3 is 2.25 bits per heavy atom. The number of rotatable bonds is 9. The zero-order valence-electron chi connectivity index (χ0n) is 14.9. The molecule has 1 amide bonds. The molecule has 10 heteroatoms. The van der Waals surface area contributed by atoms with E-state index in [1.165, 1.54) is 9.21 Å². The summed E-state index contributed by atoms with van der Waals surface area (Å²) >= 11 is 0. The van der Waals surface area contributed by atoms with Crippen LogP contribution in [0.25, 0.3) is 0 Å². The molecule has 0 aliphatic carbocycles. The molecule has 0 aromatic carbocycles.